The van der Waals surface area contributed by atoms with Gasteiger partial charge in [0.05, 0.1) is 6.10 Å². The van der Waals surface area contributed by atoms with E-state index in [1.54, 1.807) is 6.92 Å². The minimum Gasteiger partial charge on any atom is -0.392 e. The lowest BCUT2D eigenvalue weighted by molar-refractivity contribution is 0.185. The van der Waals surface area contributed by atoms with Crippen LogP contribution in [0.25, 0.3) is 0 Å². The van der Waals surface area contributed by atoms with Crippen LogP contribution >= 0.6 is 15.9 Å². The second-order valence-corrected chi connectivity index (χ2v) is 4.69. The molecule has 0 unspecified atom stereocenters. The number of hydrogen-bond donors (Lipinski definition) is 2. The van der Waals surface area contributed by atoms with Crippen LogP contribution in [0.3, 0.4) is 0 Å². The SMILES string of the molecule is CC[C@H](NC[C@@H](C)O)c1ccc(Br)cc1. The quantitative estimate of drug-likeness (QED) is 0.863. The minimum atomic E-state index is -0.297. The first kappa shape index (κ1) is 12.7. The highest BCUT2D eigenvalue weighted by molar-refractivity contribution is 9.10. The van der Waals surface area contributed by atoms with Crippen molar-refractivity contribution in [1.82, 2.24) is 5.32 Å². The van der Waals surface area contributed by atoms with E-state index in [1.807, 2.05) is 12.1 Å². The fourth-order valence-electron chi connectivity index (χ4n) is 1.51. The Hall–Kier alpha value is -0.380. The van der Waals surface area contributed by atoms with Crippen LogP contribution in [0.4, 0.5) is 0 Å². The van der Waals surface area contributed by atoms with Gasteiger partial charge in [-0.1, -0.05) is 35.0 Å². The predicted molar refractivity (Wildman–Crippen MR) is 66.9 cm³/mol. The van der Waals surface area contributed by atoms with E-state index in [2.05, 4.69) is 40.3 Å². The molecular formula is C12H18BrNO. The molecule has 0 radical (unpaired) electrons. The van der Waals surface area contributed by atoms with E-state index >= 15 is 0 Å². The third kappa shape index (κ3) is 4.33. The fourth-order valence-corrected chi connectivity index (χ4v) is 1.77. The van der Waals surface area contributed by atoms with Gasteiger partial charge in [0.15, 0.2) is 0 Å². The second kappa shape index (κ2) is 6.26. The molecule has 84 valence electrons. The summed E-state index contributed by atoms with van der Waals surface area (Å²) in [6, 6.07) is 8.62. The lowest BCUT2D eigenvalue weighted by Crippen LogP contribution is -2.28. The molecule has 1 rings (SSSR count). The Labute approximate surface area is 99.8 Å². The van der Waals surface area contributed by atoms with Gasteiger partial charge in [-0.25, -0.2) is 0 Å². The van der Waals surface area contributed by atoms with Crippen molar-refractivity contribution in [2.24, 2.45) is 0 Å². The molecular weight excluding hydrogens is 254 g/mol. The van der Waals surface area contributed by atoms with Crippen LogP contribution in [0.2, 0.25) is 0 Å². The van der Waals surface area contributed by atoms with Gasteiger partial charge in [0.2, 0.25) is 0 Å². The number of halogens is 1. The molecule has 0 fully saturated rings. The Morgan fingerprint density at radius 3 is 2.40 bits per heavy atom. The average Bonchev–Trinajstić information content (AvgIpc) is 2.21. The maximum atomic E-state index is 9.22. The van der Waals surface area contributed by atoms with E-state index in [4.69, 9.17) is 0 Å². The Kier molecular flexibility index (Phi) is 5.29. The molecule has 0 aliphatic rings. The molecule has 15 heavy (non-hydrogen) atoms. The van der Waals surface area contributed by atoms with Gasteiger partial charge in [0.25, 0.3) is 0 Å². The molecule has 0 saturated carbocycles. The lowest BCUT2D eigenvalue weighted by Gasteiger charge is -2.18. The zero-order valence-electron chi connectivity index (χ0n) is 9.20. The van der Waals surface area contributed by atoms with Gasteiger partial charge in [-0.2, -0.15) is 0 Å². The summed E-state index contributed by atoms with van der Waals surface area (Å²) in [7, 11) is 0. The summed E-state index contributed by atoms with van der Waals surface area (Å²) in [4.78, 5) is 0. The number of aliphatic hydroxyl groups is 1. The van der Waals surface area contributed by atoms with E-state index in [1.165, 1.54) is 5.56 Å². The first-order chi connectivity index (χ1) is 7.13. The van der Waals surface area contributed by atoms with E-state index in [-0.39, 0.29) is 6.10 Å². The third-order valence-corrected chi connectivity index (χ3v) is 2.87. The van der Waals surface area contributed by atoms with Gasteiger partial charge < -0.3 is 10.4 Å². The molecule has 0 spiro atoms. The van der Waals surface area contributed by atoms with Crippen molar-refractivity contribution in [3.8, 4) is 0 Å². The molecule has 3 heteroatoms. The number of rotatable bonds is 5. The zero-order valence-corrected chi connectivity index (χ0v) is 10.8. The van der Waals surface area contributed by atoms with Crippen molar-refractivity contribution < 1.29 is 5.11 Å². The standard InChI is InChI=1S/C12H18BrNO/c1-3-12(14-8-9(2)15)10-4-6-11(13)7-5-10/h4-7,9,12,14-15H,3,8H2,1-2H3/t9-,12+/m1/s1. The highest BCUT2D eigenvalue weighted by Crippen LogP contribution is 2.19. The predicted octanol–water partition coefficient (Wildman–Crippen LogP) is 2.87. The Morgan fingerprint density at radius 2 is 1.93 bits per heavy atom. The molecule has 1 aromatic carbocycles. The molecule has 0 bridgehead atoms. The van der Waals surface area contributed by atoms with Crippen molar-refractivity contribution >= 4 is 15.9 Å². The Balaban J connectivity index is 2.61. The molecule has 2 nitrogen and oxygen atoms in total. The Morgan fingerprint density at radius 1 is 1.33 bits per heavy atom. The summed E-state index contributed by atoms with van der Waals surface area (Å²) in [5.74, 6) is 0. The summed E-state index contributed by atoms with van der Waals surface area (Å²) >= 11 is 3.42. The summed E-state index contributed by atoms with van der Waals surface area (Å²) < 4.78 is 1.09. The highest BCUT2D eigenvalue weighted by Gasteiger charge is 2.08. The molecule has 0 heterocycles. The number of nitrogens with one attached hydrogen (secondary N) is 1. The second-order valence-electron chi connectivity index (χ2n) is 3.77. The van der Waals surface area contributed by atoms with Gasteiger partial charge >= 0.3 is 0 Å². The van der Waals surface area contributed by atoms with E-state index in [0.717, 1.165) is 10.9 Å². The summed E-state index contributed by atoms with van der Waals surface area (Å²) in [6.45, 7) is 4.57. The number of aliphatic hydroxyl groups excluding tert-OH is 1. The van der Waals surface area contributed by atoms with Crippen LogP contribution in [0.1, 0.15) is 31.9 Å². The first-order valence-electron chi connectivity index (χ1n) is 5.30. The maximum Gasteiger partial charge on any atom is 0.0636 e. The van der Waals surface area contributed by atoms with Crippen LogP contribution in [-0.4, -0.2) is 17.8 Å². The van der Waals surface area contributed by atoms with Gasteiger partial charge in [-0.3, -0.25) is 0 Å². The van der Waals surface area contributed by atoms with Crippen LogP contribution in [-0.2, 0) is 0 Å². The van der Waals surface area contributed by atoms with E-state index in [9.17, 15) is 5.11 Å². The molecule has 0 saturated heterocycles. The van der Waals surface area contributed by atoms with Crippen LogP contribution in [0.15, 0.2) is 28.7 Å². The molecule has 0 aliphatic heterocycles. The van der Waals surface area contributed by atoms with Crippen molar-refractivity contribution in [2.45, 2.75) is 32.4 Å². The van der Waals surface area contributed by atoms with E-state index in [0.29, 0.717) is 12.6 Å². The normalized spacial score (nSPS) is 14.9. The maximum absolute atomic E-state index is 9.22. The van der Waals surface area contributed by atoms with Gasteiger partial charge in [-0.15, -0.1) is 0 Å². The smallest absolute Gasteiger partial charge is 0.0636 e. The fraction of sp³-hybridized carbons (Fsp3) is 0.500. The number of hydrogen-bond acceptors (Lipinski definition) is 2. The lowest BCUT2D eigenvalue weighted by atomic mass is 10.0. The summed E-state index contributed by atoms with van der Waals surface area (Å²) in [5.41, 5.74) is 1.27. The molecule has 2 N–H and O–H groups in total. The number of benzene rings is 1. The van der Waals surface area contributed by atoms with Crippen LogP contribution in [0.5, 0.6) is 0 Å². The van der Waals surface area contributed by atoms with Crippen molar-refractivity contribution in [1.29, 1.82) is 0 Å². The summed E-state index contributed by atoms with van der Waals surface area (Å²) in [5, 5.41) is 12.6. The molecule has 0 amide bonds. The van der Waals surface area contributed by atoms with Gasteiger partial charge in [-0.05, 0) is 31.0 Å². The molecule has 0 aromatic heterocycles. The topological polar surface area (TPSA) is 32.3 Å². The van der Waals surface area contributed by atoms with Gasteiger partial charge in [0, 0.05) is 17.1 Å². The molecule has 0 aliphatic carbocycles. The van der Waals surface area contributed by atoms with Crippen LogP contribution < -0.4 is 5.32 Å². The van der Waals surface area contributed by atoms with Gasteiger partial charge in [0.1, 0.15) is 0 Å². The Bertz CT molecular complexity index is 284. The molecule has 1 aromatic rings. The van der Waals surface area contributed by atoms with E-state index < -0.39 is 0 Å². The van der Waals surface area contributed by atoms with Crippen LogP contribution in [0, 0.1) is 0 Å². The average molecular weight is 272 g/mol. The van der Waals surface area contributed by atoms with Crippen molar-refractivity contribution in [3.63, 3.8) is 0 Å². The monoisotopic (exact) mass is 271 g/mol. The molecule has 2 atom stereocenters. The first-order valence-corrected chi connectivity index (χ1v) is 6.09. The summed E-state index contributed by atoms with van der Waals surface area (Å²) in [6.07, 6.45) is 0.725. The largest absolute Gasteiger partial charge is 0.392 e. The zero-order chi connectivity index (χ0) is 11.3. The minimum absolute atomic E-state index is 0.297. The van der Waals surface area contributed by atoms with Crippen molar-refractivity contribution in [3.05, 3.63) is 34.3 Å². The highest BCUT2D eigenvalue weighted by atomic mass is 79.9. The third-order valence-electron chi connectivity index (χ3n) is 2.34. The van der Waals surface area contributed by atoms with Crippen molar-refractivity contribution in [2.75, 3.05) is 6.54 Å².